The molecule has 3 aromatic heterocycles. The van der Waals surface area contributed by atoms with Crippen LogP contribution in [-0.4, -0.2) is 37.2 Å². The van der Waals surface area contributed by atoms with Gasteiger partial charge in [-0.2, -0.15) is 5.10 Å². The third-order valence-corrected chi connectivity index (χ3v) is 5.83. The number of rotatable bonds is 3. The predicted molar refractivity (Wildman–Crippen MR) is 115 cm³/mol. The number of pyridine rings is 1. The van der Waals surface area contributed by atoms with Crippen molar-refractivity contribution in [1.29, 1.82) is 0 Å². The first-order valence-corrected chi connectivity index (χ1v) is 10.2. The van der Waals surface area contributed by atoms with Crippen LogP contribution >= 0.6 is 11.3 Å². The van der Waals surface area contributed by atoms with E-state index in [4.69, 9.17) is 9.90 Å². The molecule has 5 rings (SSSR count). The highest BCUT2D eigenvalue weighted by Crippen LogP contribution is 2.41. The second kappa shape index (κ2) is 8.55. The largest absolute Gasteiger partial charge is 0.478 e. The average molecular weight is 453 g/mol. The number of nitrogens with two attached hydrogens (primary N) is 1. The molecule has 32 heavy (non-hydrogen) atoms. The van der Waals surface area contributed by atoms with E-state index in [-0.39, 0.29) is 22.5 Å². The van der Waals surface area contributed by atoms with Gasteiger partial charge in [0.15, 0.2) is 0 Å². The molecule has 1 aliphatic carbocycles. The summed E-state index contributed by atoms with van der Waals surface area (Å²) in [5.74, 6) is -1.91. The quantitative estimate of drug-likeness (QED) is 0.406. The van der Waals surface area contributed by atoms with Crippen molar-refractivity contribution in [3.63, 3.8) is 0 Å². The summed E-state index contributed by atoms with van der Waals surface area (Å²) in [7, 11) is 0. The van der Waals surface area contributed by atoms with E-state index in [1.165, 1.54) is 16.8 Å². The molecule has 0 fully saturated rings. The van der Waals surface area contributed by atoms with Gasteiger partial charge in [-0.1, -0.05) is 11.3 Å². The Kier molecular flexibility index (Phi) is 5.65. The van der Waals surface area contributed by atoms with Crippen molar-refractivity contribution in [2.75, 3.05) is 0 Å². The van der Waals surface area contributed by atoms with Crippen LogP contribution in [0.2, 0.25) is 0 Å². The fourth-order valence-electron chi connectivity index (χ4n) is 3.62. The lowest BCUT2D eigenvalue weighted by Gasteiger charge is -2.15. The van der Waals surface area contributed by atoms with Crippen LogP contribution in [0.1, 0.15) is 21.6 Å². The first kappa shape index (κ1) is 21.1. The molecule has 11 heteroatoms. The molecule has 0 spiro atoms. The smallest absolute Gasteiger partial charge is 0.335 e. The number of carbonyl (C=O) groups excluding carboxylic acids is 1. The number of fused-ring (bicyclic) bond motifs is 3. The molecule has 9 nitrogen and oxygen atoms in total. The molecule has 0 radical (unpaired) electrons. The first-order chi connectivity index (χ1) is 15.4. The van der Waals surface area contributed by atoms with Crippen molar-refractivity contribution < 1.29 is 19.1 Å². The first-order valence-electron chi connectivity index (χ1n) is 9.37. The monoisotopic (exact) mass is 453 g/mol. The van der Waals surface area contributed by atoms with Crippen molar-refractivity contribution in [2.24, 2.45) is 5.73 Å². The number of aromatic nitrogens is 4. The molecule has 0 saturated heterocycles. The lowest BCUT2D eigenvalue weighted by atomic mass is 9.95. The summed E-state index contributed by atoms with van der Waals surface area (Å²) in [6, 6.07) is 7.37. The Hall–Kier alpha value is -4.12. The van der Waals surface area contributed by atoms with Crippen molar-refractivity contribution >= 4 is 23.7 Å². The Morgan fingerprint density at radius 2 is 2.09 bits per heavy atom. The number of carboxylic acid groups (broad SMARTS) is 1. The molecule has 0 aliphatic heterocycles. The van der Waals surface area contributed by atoms with E-state index in [9.17, 15) is 14.0 Å². The Bertz CT molecular complexity index is 1380. The van der Waals surface area contributed by atoms with Gasteiger partial charge in [-0.25, -0.2) is 13.9 Å². The van der Waals surface area contributed by atoms with Crippen LogP contribution in [0.3, 0.4) is 0 Å². The van der Waals surface area contributed by atoms with Crippen LogP contribution in [0.25, 0.3) is 27.5 Å². The van der Waals surface area contributed by atoms with E-state index >= 15 is 0 Å². The number of aryl methyl sites for hydroxylation is 1. The van der Waals surface area contributed by atoms with Gasteiger partial charge in [0.2, 0.25) is 6.41 Å². The van der Waals surface area contributed by atoms with Crippen LogP contribution < -0.4 is 10.6 Å². The molecule has 0 atom stereocenters. The number of nitrogens with one attached hydrogen (secondary N) is 1. The summed E-state index contributed by atoms with van der Waals surface area (Å²) in [4.78, 5) is 39.2. The van der Waals surface area contributed by atoms with E-state index in [2.05, 4.69) is 20.8 Å². The molecule has 1 aromatic carbocycles. The van der Waals surface area contributed by atoms with Gasteiger partial charge in [0.05, 0.1) is 21.8 Å². The molecular formula is C21H16FN5O4S. The van der Waals surface area contributed by atoms with Gasteiger partial charge in [0.1, 0.15) is 11.5 Å². The maximum Gasteiger partial charge on any atom is 0.335 e. The number of amides is 1. The lowest BCUT2D eigenvalue weighted by Crippen LogP contribution is -2.08. The molecule has 1 amide bonds. The number of hydrogen-bond acceptors (Lipinski definition) is 6. The topological polar surface area (TPSA) is 144 Å². The third-order valence-electron chi connectivity index (χ3n) is 4.90. The summed E-state index contributed by atoms with van der Waals surface area (Å²) in [5.41, 5.74) is 7.95. The van der Waals surface area contributed by atoms with Crippen molar-refractivity contribution in [2.45, 2.75) is 12.8 Å². The highest BCUT2D eigenvalue weighted by molar-refractivity contribution is 7.13. The molecule has 0 bridgehead atoms. The zero-order valence-electron chi connectivity index (χ0n) is 16.4. The highest BCUT2D eigenvalue weighted by Gasteiger charge is 2.29. The van der Waals surface area contributed by atoms with E-state index < -0.39 is 11.8 Å². The minimum absolute atomic E-state index is 0.120. The molecule has 4 aromatic rings. The molecule has 1 aliphatic rings. The van der Waals surface area contributed by atoms with E-state index in [1.807, 2.05) is 6.07 Å². The van der Waals surface area contributed by atoms with Gasteiger partial charge >= 0.3 is 10.8 Å². The fourth-order valence-corrected chi connectivity index (χ4v) is 4.56. The standard InChI is InChI=1S/C20H13FN4O3S.CH3NO/c21-13-8-10(19(26)27)3-6-15(13)25-17-12(4-5-14-18(17)29-20(28)23-14)16(24-25)11-2-1-7-22-9-11;2-1-3/h1-3,6-9H,4-5H2,(H,23,28)(H,26,27);1H,(H2,2,3). The maximum absolute atomic E-state index is 14.9. The number of H-pyrrole nitrogens is 1. The van der Waals surface area contributed by atoms with Crippen molar-refractivity contribution in [1.82, 2.24) is 19.7 Å². The Labute approximate surface area is 184 Å². The van der Waals surface area contributed by atoms with Gasteiger partial charge in [-0.3, -0.25) is 14.6 Å². The second-order valence-corrected chi connectivity index (χ2v) is 7.74. The van der Waals surface area contributed by atoms with E-state index in [1.54, 1.807) is 18.5 Å². The number of thiazole rings is 1. The number of nitrogens with zero attached hydrogens (tertiary/aromatic N) is 3. The van der Waals surface area contributed by atoms with E-state index in [0.29, 0.717) is 24.2 Å². The van der Waals surface area contributed by atoms with Gasteiger partial charge < -0.3 is 15.8 Å². The Balaban J connectivity index is 0.000000775. The molecular weight excluding hydrogens is 437 g/mol. The summed E-state index contributed by atoms with van der Waals surface area (Å²) < 4.78 is 16.3. The van der Waals surface area contributed by atoms with Gasteiger partial charge in [-0.05, 0) is 43.2 Å². The summed E-state index contributed by atoms with van der Waals surface area (Å²) in [5, 5.41) is 13.8. The fraction of sp³-hybridized carbons (Fsp3) is 0.0952. The third kappa shape index (κ3) is 3.69. The van der Waals surface area contributed by atoms with Crippen LogP contribution in [0.4, 0.5) is 4.39 Å². The maximum atomic E-state index is 14.9. The second-order valence-electron chi connectivity index (χ2n) is 6.76. The van der Waals surface area contributed by atoms with Crippen LogP contribution in [-0.2, 0) is 17.6 Å². The van der Waals surface area contributed by atoms with Crippen LogP contribution in [0.5, 0.6) is 0 Å². The summed E-state index contributed by atoms with van der Waals surface area (Å²) >= 11 is 1.06. The zero-order chi connectivity index (χ0) is 22.8. The van der Waals surface area contributed by atoms with Crippen LogP contribution in [0, 0.1) is 5.82 Å². The number of aromatic carboxylic acids is 1. The van der Waals surface area contributed by atoms with Gasteiger partial charge in [-0.15, -0.1) is 0 Å². The van der Waals surface area contributed by atoms with Crippen molar-refractivity contribution in [3.05, 3.63) is 75.0 Å². The van der Waals surface area contributed by atoms with E-state index in [0.717, 1.165) is 39.1 Å². The number of primary amides is 1. The Morgan fingerprint density at radius 3 is 2.75 bits per heavy atom. The Morgan fingerprint density at radius 1 is 1.31 bits per heavy atom. The number of benzene rings is 1. The highest BCUT2D eigenvalue weighted by atomic mass is 32.1. The summed E-state index contributed by atoms with van der Waals surface area (Å²) in [6.45, 7) is 0. The number of carboxylic acids is 1. The SMILES string of the molecule is NC=O.O=C(O)c1ccc(-n2nc(-c3cccnc3)c3c2-c2sc(=O)[nH]c2CC3)c(F)c1. The molecule has 3 heterocycles. The zero-order valence-corrected chi connectivity index (χ0v) is 17.2. The normalized spacial score (nSPS) is 11.7. The minimum Gasteiger partial charge on any atom is -0.478 e. The average Bonchev–Trinajstić information content (AvgIpc) is 3.34. The molecule has 0 unspecified atom stereocenters. The minimum atomic E-state index is -1.21. The predicted octanol–water partition coefficient (Wildman–Crippen LogP) is 2.39. The van der Waals surface area contributed by atoms with Gasteiger partial charge in [0, 0.05) is 29.2 Å². The number of carbonyl (C=O) groups is 2. The summed E-state index contributed by atoms with van der Waals surface area (Å²) in [6.07, 6.45) is 4.88. The lowest BCUT2D eigenvalue weighted by molar-refractivity contribution is -0.106. The molecule has 162 valence electrons. The van der Waals surface area contributed by atoms with Crippen LogP contribution in [0.15, 0.2) is 47.5 Å². The number of halogens is 1. The van der Waals surface area contributed by atoms with Crippen molar-refractivity contribution in [3.8, 4) is 27.5 Å². The number of aromatic amines is 1. The number of hydrogen-bond donors (Lipinski definition) is 3. The molecule has 4 N–H and O–H groups in total. The molecule has 0 saturated carbocycles. The van der Waals surface area contributed by atoms with Gasteiger partial charge in [0.25, 0.3) is 0 Å².